The summed E-state index contributed by atoms with van der Waals surface area (Å²) in [5.41, 5.74) is 2.14. The van der Waals surface area contributed by atoms with Gasteiger partial charge in [0.05, 0.1) is 12.5 Å². The van der Waals surface area contributed by atoms with Crippen molar-refractivity contribution in [3.05, 3.63) is 35.4 Å². The predicted molar refractivity (Wildman–Crippen MR) is 62.1 cm³/mol. The lowest BCUT2D eigenvalue weighted by Crippen LogP contribution is -2.23. The first-order chi connectivity index (χ1) is 8.20. The average Bonchev–Trinajstić information content (AvgIpc) is 2.61. The molecule has 0 saturated carbocycles. The summed E-state index contributed by atoms with van der Waals surface area (Å²) >= 11 is 0. The van der Waals surface area contributed by atoms with Gasteiger partial charge in [-0.1, -0.05) is 24.3 Å². The topological polar surface area (TPSA) is 55.4 Å². The molecule has 17 heavy (non-hydrogen) atoms. The van der Waals surface area contributed by atoms with E-state index in [1.165, 1.54) is 0 Å². The number of ether oxygens (including phenoxy) is 1. The van der Waals surface area contributed by atoms with E-state index >= 15 is 0 Å². The third-order valence-electron chi connectivity index (χ3n) is 2.95. The minimum atomic E-state index is -0.236. The molecule has 0 aromatic heterocycles. The Morgan fingerprint density at radius 2 is 2.00 bits per heavy atom. The highest BCUT2D eigenvalue weighted by Crippen LogP contribution is 2.20. The maximum absolute atomic E-state index is 11.5. The first-order valence-corrected chi connectivity index (χ1v) is 5.60. The molecule has 1 N–H and O–H groups in total. The number of methoxy groups -OCH3 is 1. The van der Waals surface area contributed by atoms with Crippen molar-refractivity contribution in [1.82, 2.24) is 5.32 Å². The van der Waals surface area contributed by atoms with E-state index < -0.39 is 0 Å². The van der Waals surface area contributed by atoms with Gasteiger partial charge in [0.25, 0.3) is 0 Å². The van der Waals surface area contributed by atoms with Gasteiger partial charge in [-0.25, -0.2) is 0 Å². The molecular formula is C13H15NO3. The van der Waals surface area contributed by atoms with Crippen LogP contribution in [0.15, 0.2) is 24.3 Å². The molecule has 90 valence electrons. The van der Waals surface area contributed by atoms with Crippen LogP contribution in [0.3, 0.4) is 0 Å². The highest BCUT2D eigenvalue weighted by atomic mass is 16.5. The van der Waals surface area contributed by atoms with Crippen molar-refractivity contribution in [2.24, 2.45) is 5.92 Å². The molecule has 0 spiro atoms. The van der Waals surface area contributed by atoms with Gasteiger partial charge in [-0.05, 0) is 17.5 Å². The molecule has 2 rings (SSSR count). The van der Waals surface area contributed by atoms with Crippen molar-refractivity contribution in [2.75, 3.05) is 7.11 Å². The SMILES string of the molecule is COCc1ccccc1CC1CC(=O)NC1=O. The molecule has 1 heterocycles. The van der Waals surface area contributed by atoms with Crippen molar-refractivity contribution in [2.45, 2.75) is 19.4 Å². The number of amides is 2. The lowest BCUT2D eigenvalue weighted by molar-refractivity contribution is -0.125. The number of carbonyl (C=O) groups excluding carboxylic acids is 2. The summed E-state index contributed by atoms with van der Waals surface area (Å²) in [6, 6.07) is 7.83. The van der Waals surface area contributed by atoms with E-state index in [2.05, 4.69) is 5.32 Å². The smallest absolute Gasteiger partial charge is 0.230 e. The van der Waals surface area contributed by atoms with Gasteiger partial charge in [0.2, 0.25) is 11.8 Å². The summed E-state index contributed by atoms with van der Waals surface area (Å²) in [5.74, 6) is -0.577. The molecule has 1 aliphatic heterocycles. The van der Waals surface area contributed by atoms with E-state index in [0.717, 1.165) is 11.1 Å². The molecule has 1 unspecified atom stereocenters. The Kier molecular flexibility index (Phi) is 3.54. The Hall–Kier alpha value is -1.68. The fourth-order valence-corrected chi connectivity index (χ4v) is 2.09. The molecule has 0 radical (unpaired) electrons. The molecule has 1 fully saturated rings. The zero-order valence-electron chi connectivity index (χ0n) is 9.73. The second-order valence-corrected chi connectivity index (χ2v) is 4.22. The van der Waals surface area contributed by atoms with E-state index in [9.17, 15) is 9.59 Å². The Balaban J connectivity index is 2.13. The molecule has 0 aliphatic carbocycles. The van der Waals surface area contributed by atoms with Gasteiger partial charge in [-0.15, -0.1) is 0 Å². The van der Waals surface area contributed by atoms with Crippen LogP contribution < -0.4 is 5.32 Å². The molecule has 4 heteroatoms. The third-order valence-corrected chi connectivity index (χ3v) is 2.95. The van der Waals surface area contributed by atoms with Crippen LogP contribution in [-0.4, -0.2) is 18.9 Å². The number of hydrogen-bond acceptors (Lipinski definition) is 3. The van der Waals surface area contributed by atoms with Gasteiger partial charge in [-0.2, -0.15) is 0 Å². The van der Waals surface area contributed by atoms with Gasteiger partial charge < -0.3 is 4.74 Å². The van der Waals surface area contributed by atoms with E-state index in [1.54, 1.807) is 7.11 Å². The van der Waals surface area contributed by atoms with Gasteiger partial charge in [0.1, 0.15) is 0 Å². The largest absolute Gasteiger partial charge is 0.380 e. The van der Waals surface area contributed by atoms with Crippen molar-refractivity contribution in [3.8, 4) is 0 Å². The van der Waals surface area contributed by atoms with Crippen LogP contribution in [0.25, 0.3) is 0 Å². The summed E-state index contributed by atoms with van der Waals surface area (Å²) in [6.45, 7) is 0.526. The third kappa shape index (κ3) is 2.71. The minimum Gasteiger partial charge on any atom is -0.380 e. The van der Waals surface area contributed by atoms with Gasteiger partial charge in [0.15, 0.2) is 0 Å². The van der Waals surface area contributed by atoms with E-state index in [1.807, 2.05) is 24.3 Å². The number of rotatable bonds is 4. The van der Waals surface area contributed by atoms with Crippen LogP contribution in [0, 0.1) is 5.92 Å². The van der Waals surface area contributed by atoms with Crippen LogP contribution in [0.2, 0.25) is 0 Å². The highest BCUT2D eigenvalue weighted by molar-refractivity contribution is 6.03. The number of benzene rings is 1. The maximum Gasteiger partial charge on any atom is 0.230 e. The van der Waals surface area contributed by atoms with Crippen LogP contribution >= 0.6 is 0 Å². The Labute approximate surface area is 100.0 Å². The monoisotopic (exact) mass is 233 g/mol. The minimum absolute atomic E-state index is 0.165. The van der Waals surface area contributed by atoms with Gasteiger partial charge >= 0.3 is 0 Å². The second kappa shape index (κ2) is 5.10. The summed E-state index contributed by atoms with van der Waals surface area (Å²) in [6.07, 6.45) is 0.886. The quantitative estimate of drug-likeness (QED) is 0.790. The molecule has 1 atom stereocenters. The van der Waals surface area contributed by atoms with Gasteiger partial charge in [-0.3, -0.25) is 14.9 Å². The summed E-state index contributed by atoms with van der Waals surface area (Å²) in [5, 5.41) is 2.33. The van der Waals surface area contributed by atoms with Crippen LogP contribution in [0.5, 0.6) is 0 Å². The van der Waals surface area contributed by atoms with Gasteiger partial charge in [0, 0.05) is 13.5 Å². The average molecular weight is 233 g/mol. The molecule has 2 amide bonds. The molecule has 1 aromatic carbocycles. The Bertz CT molecular complexity index is 442. The predicted octanol–water partition coefficient (Wildman–Crippen LogP) is 1.04. The molecule has 0 bridgehead atoms. The van der Waals surface area contributed by atoms with Crippen molar-refractivity contribution in [3.63, 3.8) is 0 Å². The number of carbonyl (C=O) groups is 2. The Morgan fingerprint density at radius 1 is 1.29 bits per heavy atom. The zero-order chi connectivity index (χ0) is 12.3. The standard InChI is InChI=1S/C13H15NO3/c1-17-8-10-5-3-2-4-9(10)6-11-7-12(15)14-13(11)16/h2-5,11H,6-8H2,1H3,(H,14,15,16). The molecular weight excluding hydrogens is 218 g/mol. The van der Waals surface area contributed by atoms with E-state index in [0.29, 0.717) is 19.4 Å². The molecule has 4 nitrogen and oxygen atoms in total. The summed E-state index contributed by atoms with van der Waals surface area (Å²) < 4.78 is 5.11. The molecule has 1 aliphatic rings. The van der Waals surface area contributed by atoms with Crippen molar-refractivity contribution < 1.29 is 14.3 Å². The fourth-order valence-electron chi connectivity index (χ4n) is 2.09. The summed E-state index contributed by atoms with van der Waals surface area (Å²) in [4.78, 5) is 22.6. The van der Waals surface area contributed by atoms with Crippen LogP contribution in [0.1, 0.15) is 17.5 Å². The second-order valence-electron chi connectivity index (χ2n) is 4.22. The van der Waals surface area contributed by atoms with Crippen LogP contribution in [0.4, 0.5) is 0 Å². The maximum atomic E-state index is 11.5. The van der Waals surface area contributed by atoms with E-state index in [-0.39, 0.29) is 17.7 Å². The highest BCUT2D eigenvalue weighted by Gasteiger charge is 2.30. The number of nitrogens with one attached hydrogen (secondary N) is 1. The molecule has 1 saturated heterocycles. The van der Waals surface area contributed by atoms with Crippen molar-refractivity contribution >= 4 is 11.8 Å². The number of imide groups is 1. The lowest BCUT2D eigenvalue weighted by atomic mass is 9.95. The number of hydrogen-bond donors (Lipinski definition) is 1. The summed E-state index contributed by atoms with van der Waals surface area (Å²) in [7, 11) is 1.64. The normalized spacial score (nSPS) is 19.5. The molecule has 1 aromatic rings. The van der Waals surface area contributed by atoms with E-state index in [4.69, 9.17) is 4.74 Å². The zero-order valence-corrected chi connectivity index (χ0v) is 9.73. The first-order valence-electron chi connectivity index (χ1n) is 5.60. The lowest BCUT2D eigenvalue weighted by Gasteiger charge is -2.11. The Morgan fingerprint density at radius 3 is 2.59 bits per heavy atom. The fraction of sp³-hybridized carbons (Fsp3) is 0.385. The van der Waals surface area contributed by atoms with Crippen LogP contribution in [-0.2, 0) is 27.4 Å². The van der Waals surface area contributed by atoms with Crippen molar-refractivity contribution in [1.29, 1.82) is 0 Å². The first kappa shape index (κ1) is 11.8.